The van der Waals surface area contributed by atoms with Crippen LogP contribution in [0.3, 0.4) is 0 Å². The summed E-state index contributed by atoms with van der Waals surface area (Å²) in [7, 11) is 0. The van der Waals surface area contributed by atoms with Crippen LogP contribution in [0.1, 0.15) is 24.0 Å². The Labute approximate surface area is 156 Å². The molecule has 0 bridgehead atoms. The summed E-state index contributed by atoms with van der Waals surface area (Å²) in [5, 5.41) is 0.717. The molecule has 6 nitrogen and oxygen atoms in total. The Hall–Kier alpha value is -2.28. The zero-order valence-electron chi connectivity index (χ0n) is 15.0. The van der Waals surface area contributed by atoms with Crippen molar-refractivity contribution in [3.8, 4) is 5.19 Å². The average molecular weight is 374 g/mol. The molecule has 1 aromatic heterocycles. The standard InChI is InChI=1S/C19H22N2O4S/c1-12-3-4-13(2)17-16(12)20-19(26-17)25-14-5-7-21(8-6-14)18(22)15-11-23-9-10-24-15/h3-4,11,14H,5-10H2,1-2H3. The van der Waals surface area contributed by atoms with Gasteiger partial charge in [0.25, 0.3) is 11.1 Å². The fraction of sp³-hybridized carbons (Fsp3) is 0.474. The van der Waals surface area contributed by atoms with Crippen molar-refractivity contribution in [1.29, 1.82) is 0 Å². The van der Waals surface area contributed by atoms with E-state index in [1.165, 1.54) is 22.1 Å². The lowest BCUT2D eigenvalue weighted by molar-refractivity contribution is -0.134. The Bertz CT molecular complexity index is 814. The minimum absolute atomic E-state index is 0.0812. The van der Waals surface area contributed by atoms with Crippen LogP contribution in [-0.4, -0.2) is 48.2 Å². The number of nitrogens with zero attached hydrogens (tertiary/aromatic N) is 2. The van der Waals surface area contributed by atoms with Crippen LogP contribution in [0.5, 0.6) is 5.19 Å². The molecule has 138 valence electrons. The number of fused-ring (bicyclic) bond motifs is 1. The number of aromatic nitrogens is 1. The van der Waals surface area contributed by atoms with Gasteiger partial charge in [-0.25, -0.2) is 4.98 Å². The summed E-state index contributed by atoms with van der Waals surface area (Å²) < 4.78 is 17.9. The van der Waals surface area contributed by atoms with Gasteiger partial charge in [-0.05, 0) is 25.0 Å². The summed E-state index contributed by atoms with van der Waals surface area (Å²) in [5.74, 6) is 0.196. The van der Waals surface area contributed by atoms with Crippen molar-refractivity contribution in [3.63, 3.8) is 0 Å². The third-order valence-electron chi connectivity index (χ3n) is 4.78. The van der Waals surface area contributed by atoms with Gasteiger partial charge >= 0.3 is 0 Å². The second kappa shape index (κ2) is 7.15. The molecule has 0 atom stereocenters. The molecule has 1 saturated heterocycles. The molecule has 1 amide bonds. The van der Waals surface area contributed by atoms with Gasteiger partial charge in [0.05, 0.1) is 10.2 Å². The zero-order valence-corrected chi connectivity index (χ0v) is 15.8. The van der Waals surface area contributed by atoms with Crippen LogP contribution in [0.25, 0.3) is 10.2 Å². The molecule has 0 N–H and O–H groups in total. The number of ether oxygens (including phenoxy) is 3. The molecule has 1 fully saturated rings. The number of benzene rings is 1. The first-order valence-corrected chi connectivity index (χ1v) is 9.71. The number of hydrogen-bond donors (Lipinski definition) is 0. The van der Waals surface area contributed by atoms with E-state index in [-0.39, 0.29) is 12.0 Å². The first-order valence-electron chi connectivity index (χ1n) is 8.89. The van der Waals surface area contributed by atoms with Crippen LogP contribution in [0, 0.1) is 13.8 Å². The fourth-order valence-corrected chi connectivity index (χ4v) is 4.27. The van der Waals surface area contributed by atoms with Crippen molar-refractivity contribution in [2.75, 3.05) is 26.3 Å². The second-order valence-corrected chi connectivity index (χ2v) is 7.63. The van der Waals surface area contributed by atoms with Crippen LogP contribution >= 0.6 is 11.3 Å². The van der Waals surface area contributed by atoms with Gasteiger partial charge in [-0.1, -0.05) is 23.5 Å². The van der Waals surface area contributed by atoms with E-state index in [1.54, 1.807) is 16.2 Å². The third kappa shape index (κ3) is 3.35. The van der Waals surface area contributed by atoms with Crippen molar-refractivity contribution < 1.29 is 19.0 Å². The number of carbonyl (C=O) groups excluding carboxylic acids is 1. The maximum absolute atomic E-state index is 12.4. The van der Waals surface area contributed by atoms with Crippen LogP contribution < -0.4 is 4.74 Å². The van der Waals surface area contributed by atoms with E-state index < -0.39 is 0 Å². The summed E-state index contributed by atoms with van der Waals surface area (Å²) in [6, 6.07) is 4.21. The number of carbonyl (C=O) groups is 1. The van der Waals surface area contributed by atoms with Gasteiger partial charge in [0.2, 0.25) is 5.76 Å². The molecule has 26 heavy (non-hydrogen) atoms. The van der Waals surface area contributed by atoms with Gasteiger partial charge in [0.15, 0.2) is 0 Å². The largest absolute Gasteiger partial charge is 0.494 e. The molecule has 2 aliphatic heterocycles. The predicted molar refractivity (Wildman–Crippen MR) is 99.3 cm³/mol. The quantitative estimate of drug-likeness (QED) is 0.826. The van der Waals surface area contributed by atoms with E-state index in [1.807, 2.05) is 0 Å². The topological polar surface area (TPSA) is 60.9 Å². The Morgan fingerprint density at radius 3 is 2.69 bits per heavy atom. The Kier molecular flexibility index (Phi) is 4.72. The summed E-state index contributed by atoms with van der Waals surface area (Å²) in [4.78, 5) is 18.9. The van der Waals surface area contributed by atoms with E-state index >= 15 is 0 Å². The van der Waals surface area contributed by atoms with E-state index in [0.29, 0.717) is 37.3 Å². The highest BCUT2D eigenvalue weighted by atomic mass is 32.1. The number of piperidine rings is 1. The van der Waals surface area contributed by atoms with Crippen molar-refractivity contribution in [1.82, 2.24) is 9.88 Å². The van der Waals surface area contributed by atoms with Crippen molar-refractivity contribution in [3.05, 3.63) is 35.3 Å². The molecule has 0 radical (unpaired) electrons. The Morgan fingerprint density at radius 2 is 2.00 bits per heavy atom. The Morgan fingerprint density at radius 1 is 1.23 bits per heavy atom. The highest BCUT2D eigenvalue weighted by Crippen LogP contribution is 2.33. The molecule has 0 aliphatic carbocycles. The van der Waals surface area contributed by atoms with E-state index in [2.05, 4.69) is 31.0 Å². The summed E-state index contributed by atoms with van der Waals surface area (Å²) in [6.07, 6.45) is 3.07. The molecule has 2 aromatic rings. The van der Waals surface area contributed by atoms with Gasteiger partial charge < -0.3 is 19.1 Å². The lowest BCUT2D eigenvalue weighted by atomic mass is 10.1. The first-order chi connectivity index (χ1) is 12.6. The molecule has 7 heteroatoms. The number of aryl methyl sites for hydroxylation is 2. The number of hydrogen-bond acceptors (Lipinski definition) is 6. The lowest BCUT2D eigenvalue weighted by Gasteiger charge is -2.32. The molecule has 4 rings (SSSR count). The second-order valence-electron chi connectivity index (χ2n) is 6.67. The monoisotopic (exact) mass is 374 g/mol. The molecule has 0 spiro atoms. The van der Waals surface area contributed by atoms with Gasteiger partial charge in [0.1, 0.15) is 25.6 Å². The van der Waals surface area contributed by atoms with Gasteiger partial charge in [-0.15, -0.1) is 0 Å². The SMILES string of the molecule is Cc1ccc(C)c2sc(OC3CCN(C(=O)C4=COCCO4)CC3)nc12. The summed E-state index contributed by atoms with van der Waals surface area (Å²) in [6.45, 7) is 6.38. The fourth-order valence-electron chi connectivity index (χ4n) is 3.25. The van der Waals surface area contributed by atoms with Crippen molar-refractivity contribution in [2.24, 2.45) is 0 Å². The molecular weight excluding hydrogens is 352 g/mol. The normalized spacial score (nSPS) is 18.2. The minimum atomic E-state index is -0.102. The molecule has 0 saturated carbocycles. The first kappa shape index (κ1) is 17.1. The Balaban J connectivity index is 1.38. The average Bonchev–Trinajstić information content (AvgIpc) is 3.11. The number of amides is 1. The molecule has 3 heterocycles. The molecule has 2 aliphatic rings. The summed E-state index contributed by atoms with van der Waals surface area (Å²) in [5.41, 5.74) is 3.42. The van der Waals surface area contributed by atoms with E-state index in [4.69, 9.17) is 14.2 Å². The summed E-state index contributed by atoms with van der Waals surface area (Å²) >= 11 is 1.60. The van der Waals surface area contributed by atoms with Gasteiger partial charge in [0, 0.05) is 25.9 Å². The van der Waals surface area contributed by atoms with Gasteiger partial charge in [-0.2, -0.15) is 0 Å². The van der Waals surface area contributed by atoms with E-state index in [9.17, 15) is 4.79 Å². The van der Waals surface area contributed by atoms with Crippen molar-refractivity contribution >= 4 is 27.5 Å². The number of rotatable bonds is 3. The van der Waals surface area contributed by atoms with Gasteiger partial charge in [-0.3, -0.25) is 4.79 Å². The van der Waals surface area contributed by atoms with E-state index in [0.717, 1.165) is 18.4 Å². The van der Waals surface area contributed by atoms with Crippen LogP contribution in [0.4, 0.5) is 0 Å². The maximum Gasteiger partial charge on any atom is 0.292 e. The van der Waals surface area contributed by atoms with Crippen molar-refractivity contribution in [2.45, 2.75) is 32.8 Å². The van der Waals surface area contributed by atoms with Crippen LogP contribution in [0.15, 0.2) is 24.2 Å². The number of likely N-dealkylation sites (tertiary alicyclic amines) is 1. The highest BCUT2D eigenvalue weighted by Gasteiger charge is 2.28. The minimum Gasteiger partial charge on any atom is -0.494 e. The smallest absolute Gasteiger partial charge is 0.292 e. The third-order valence-corrected chi connectivity index (χ3v) is 5.86. The molecule has 1 aromatic carbocycles. The number of thiazole rings is 1. The van der Waals surface area contributed by atoms with Crippen LogP contribution in [-0.2, 0) is 14.3 Å². The predicted octanol–water partition coefficient (Wildman–Crippen LogP) is 3.17. The highest BCUT2D eigenvalue weighted by molar-refractivity contribution is 7.20. The lowest BCUT2D eigenvalue weighted by Crippen LogP contribution is -2.43. The maximum atomic E-state index is 12.4. The zero-order chi connectivity index (χ0) is 18.1. The molecular formula is C19H22N2O4S. The van der Waals surface area contributed by atoms with Crippen LogP contribution in [0.2, 0.25) is 0 Å². The molecule has 0 unspecified atom stereocenters.